The van der Waals surface area contributed by atoms with E-state index in [4.69, 9.17) is 9.52 Å². The molecule has 1 saturated carbocycles. The maximum absolute atomic E-state index is 9.81. The molecule has 0 amide bonds. The lowest BCUT2D eigenvalue weighted by Crippen LogP contribution is -2.45. The van der Waals surface area contributed by atoms with Crippen molar-refractivity contribution in [2.75, 3.05) is 6.54 Å². The van der Waals surface area contributed by atoms with Crippen LogP contribution in [-0.2, 0) is 13.2 Å². The number of hydrogen-bond acceptors (Lipinski definition) is 4. The average molecular weight is 211 g/mol. The Bertz CT molecular complexity index is 317. The summed E-state index contributed by atoms with van der Waals surface area (Å²) in [5.74, 6) is 1.37. The van der Waals surface area contributed by atoms with Crippen LogP contribution in [0.2, 0.25) is 0 Å². The third-order valence-electron chi connectivity index (χ3n) is 2.91. The van der Waals surface area contributed by atoms with Crippen LogP contribution in [0, 0.1) is 0 Å². The minimum Gasteiger partial charge on any atom is -0.462 e. The Balaban J connectivity index is 1.73. The van der Waals surface area contributed by atoms with E-state index in [2.05, 4.69) is 5.32 Å². The minimum absolute atomic E-state index is 0.0655. The second kappa shape index (κ2) is 4.35. The maximum atomic E-state index is 9.81. The number of furan rings is 1. The lowest BCUT2D eigenvalue weighted by Gasteiger charge is -2.36. The molecule has 0 unspecified atom stereocenters. The molecule has 15 heavy (non-hydrogen) atoms. The summed E-state index contributed by atoms with van der Waals surface area (Å²) in [6, 6.07) is 3.60. The molecule has 1 aliphatic rings. The van der Waals surface area contributed by atoms with Crippen LogP contribution >= 0.6 is 0 Å². The molecule has 0 aromatic carbocycles. The highest BCUT2D eigenvalue weighted by atomic mass is 16.4. The van der Waals surface area contributed by atoms with Crippen LogP contribution in [0.25, 0.3) is 0 Å². The summed E-state index contributed by atoms with van der Waals surface area (Å²) in [6.07, 6.45) is 2.90. The molecule has 2 rings (SSSR count). The first-order valence-electron chi connectivity index (χ1n) is 5.33. The number of aliphatic hydroxyl groups is 2. The van der Waals surface area contributed by atoms with Crippen molar-refractivity contribution < 1.29 is 14.6 Å². The van der Waals surface area contributed by atoms with E-state index in [9.17, 15) is 5.11 Å². The van der Waals surface area contributed by atoms with Crippen LogP contribution in [0.3, 0.4) is 0 Å². The first kappa shape index (κ1) is 10.7. The summed E-state index contributed by atoms with van der Waals surface area (Å²) in [7, 11) is 0. The summed E-state index contributed by atoms with van der Waals surface area (Å²) in [6.45, 7) is 1.15. The highest BCUT2D eigenvalue weighted by Gasteiger charge is 2.33. The molecule has 0 radical (unpaired) electrons. The molecule has 3 N–H and O–H groups in total. The van der Waals surface area contributed by atoms with Gasteiger partial charge in [0.1, 0.15) is 18.1 Å². The minimum atomic E-state index is -0.494. The van der Waals surface area contributed by atoms with E-state index in [-0.39, 0.29) is 6.61 Å². The molecule has 4 heteroatoms. The Morgan fingerprint density at radius 3 is 2.60 bits per heavy atom. The number of aliphatic hydroxyl groups excluding tert-OH is 1. The van der Waals surface area contributed by atoms with E-state index in [0.29, 0.717) is 18.8 Å². The summed E-state index contributed by atoms with van der Waals surface area (Å²) < 4.78 is 5.31. The first-order valence-corrected chi connectivity index (χ1v) is 5.33. The van der Waals surface area contributed by atoms with E-state index in [0.717, 1.165) is 25.0 Å². The predicted octanol–water partition coefficient (Wildman–Crippen LogP) is 0.776. The highest BCUT2D eigenvalue weighted by Crippen LogP contribution is 2.30. The molecule has 4 nitrogen and oxygen atoms in total. The molecule has 0 spiro atoms. The Labute approximate surface area is 88.9 Å². The van der Waals surface area contributed by atoms with E-state index >= 15 is 0 Å². The van der Waals surface area contributed by atoms with Gasteiger partial charge in [0, 0.05) is 6.54 Å². The quantitative estimate of drug-likeness (QED) is 0.673. The molecule has 0 saturated heterocycles. The van der Waals surface area contributed by atoms with Crippen molar-refractivity contribution in [1.82, 2.24) is 5.32 Å². The summed E-state index contributed by atoms with van der Waals surface area (Å²) in [4.78, 5) is 0. The Kier molecular flexibility index (Phi) is 3.09. The summed E-state index contributed by atoms with van der Waals surface area (Å²) >= 11 is 0. The molecule has 1 aromatic heterocycles. The van der Waals surface area contributed by atoms with Crippen LogP contribution < -0.4 is 5.32 Å². The van der Waals surface area contributed by atoms with Gasteiger partial charge in [-0.15, -0.1) is 0 Å². The van der Waals surface area contributed by atoms with Gasteiger partial charge in [-0.25, -0.2) is 0 Å². The molecule has 0 aliphatic heterocycles. The monoisotopic (exact) mass is 211 g/mol. The molecular weight excluding hydrogens is 194 g/mol. The smallest absolute Gasteiger partial charge is 0.129 e. The molecule has 84 valence electrons. The molecule has 1 aliphatic carbocycles. The standard InChI is InChI=1S/C11H17NO3/c13-7-10-3-2-9(15-10)6-12-8-11(14)4-1-5-11/h2-3,12-14H,1,4-8H2. The Morgan fingerprint density at radius 1 is 1.33 bits per heavy atom. The van der Waals surface area contributed by atoms with E-state index in [1.54, 1.807) is 6.07 Å². The van der Waals surface area contributed by atoms with E-state index < -0.39 is 5.60 Å². The molecule has 0 atom stereocenters. The van der Waals surface area contributed by atoms with Gasteiger partial charge in [-0.3, -0.25) is 0 Å². The third kappa shape index (κ3) is 2.59. The molecule has 1 fully saturated rings. The van der Waals surface area contributed by atoms with Crippen LogP contribution in [0.1, 0.15) is 30.8 Å². The van der Waals surface area contributed by atoms with Gasteiger partial charge in [0.05, 0.1) is 12.1 Å². The zero-order chi connectivity index (χ0) is 10.7. The van der Waals surface area contributed by atoms with Crippen molar-refractivity contribution in [2.45, 2.75) is 38.0 Å². The average Bonchev–Trinajstić information content (AvgIpc) is 2.63. The van der Waals surface area contributed by atoms with Crippen molar-refractivity contribution in [3.63, 3.8) is 0 Å². The fourth-order valence-electron chi connectivity index (χ4n) is 1.78. The predicted molar refractivity (Wildman–Crippen MR) is 55.1 cm³/mol. The first-order chi connectivity index (χ1) is 7.22. The van der Waals surface area contributed by atoms with Gasteiger partial charge in [-0.1, -0.05) is 0 Å². The van der Waals surface area contributed by atoms with Crippen LogP contribution in [0.4, 0.5) is 0 Å². The largest absolute Gasteiger partial charge is 0.462 e. The van der Waals surface area contributed by atoms with Gasteiger partial charge in [0.15, 0.2) is 0 Å². The molecule has 1 aromatic rings. The van der Waals surface area contributed by atoms with E-state index in [1.165, 1.54) is 0 Å². The molecule has 0 bridgehead atoms. The van der Waals surface area contributed by atoms with Gasteiger partial charge in [-0.05, 0) is 31.4 Å². The number of nitrogens with one attached hydrogen (secondary N) is 1. The zero-order valence-electron chi connectivity index (χ0n) is 8.70. The van der Waals surface area contributed by atoms with Crippen LogP contribution in [0.15, 0.2) is 16.5 Å². The van der Waals surface area contributed by atoms with E-state index in [1.807, 2.05) is 6.07 Å². The number of hydrogen-bond donors (Lipinski definition) is 3. The Hall–Kier alpha value is -0.840. The van der Waals surface area contributed by atoms with Crippen molar-refractivity contribution >= 4 is 0 Å². The van der Waals surface area contributed by atoms with Crippen LogP contribution in [-0.4, -0.2) is 22.4 Å². The Morgan fingerprint density at radius 2 is 2.07 bits per heavy atom. The summed E-state index contributed by atoms with van der Waals surface area (Å²) in [5.41, 5.74) is -0.494. The second-order valence-electron chi connectivity index (χ2n) is 4.21. The third-order valence-corrected chi connectivity index (χ3v) is 2.91. The number of rotatable bonds is 5. The van der Waals surface area contributed by atoms with Gasteiger partial charge >= 0.3 is 0 Å². The van der Waals surface area contributed by atoms with Crippen molar-refractivity contribution in [3.8, 4) is 0 Å². The normalized spacial score (nSPS) is 18.8. The topological polar surface area (TPSA) is 65.6 Å². The lowest BCUT2D eigenvalue weighted by atomic mass is 9.80. The highest BCUT2D eigenvalue weighted by molar-refractivity contribution is 5.06. The van der Waals surface area contributed by atoms with Gasteiger partial charge in [0.25, 0.3) is 0 Å². The SMILES string of the molecule is OCc1ccc(CNCC2(O)CCC2)o1. The fraction of sp³-hybridized carbons (Fsp3) is 0.636. The van der Waals surface area contributed by atoms with Crippen molar-refractivity contribution in [3.05, 3.63) is 23.7 Å². The summed E-state index contributed by atoms with van der Waals surface area (Å²) in [5, 5.41) is 21.8. The zero-order valence-corrected chi connectivity index (χ0v) is 8.70. The fourth-order valence-corrected chi connectivity index (χ4v) is 1.78. The van der Waals surface area contributed by atoms with Gasteiger partial charge in [-0.2, -0.15) is 0 Å². The lowest BCUT2D eigenvalue weighted by molar-refractivity contribution is -0.0317. The van der Waals surface area contributed by atoms with Crippen molar-refractivity contribution in [1.29, 1.82) is 0 Å². The molecular formula is C11H17NO3. The maximum Gasteiger partial charge on any atom is 0.129 e. The van der Waals surface area contributed by atoms with Crippen LogP contribution in [0.5, 0.6) is 0 Å². The molecule has 1 heterocycles. The van der Waals surface area contributed by atoms with Crippen molar-refractivity contribution in [2.24, 2.45) is 0 Å². The second-order valence-corrected chi connectivity index (χ2v) is 4.21. The van der Waals surface area contributed by atoms with Gasteiger partial charge in [0.2, 0.25) is 0 Å². The van der Waals surface area contributed by atoms with Gasteiger partial charge < -0.3 is 19.9 Å².